The quantitative estimate of drug-likeness (QED) is 0.318. The molecule has 6 aliphatic rings. The fourth-order valence-electron chi connectivity index (χ4n) is 13.6. The summed E-state index contributed by atoms with van der Waals surface area (Å²) in [6, 6.07) is 0. The van der Waals surface area contributed by atoms with E-state index in [-0.39, 0.29) is 0 Å². The van der Waals surface area contributed by atoms with Gasteiger partial charge in [-0.15, -0.1) is 0 Å². The van der Waals surface area contributed by atoms with Crippen LogP contribution >= 0.6 is 0 Å². The van der Waals surface area contributed by atoms with Crippen LogP contribution in [0.5, 0.6) is 0 Å². The molecular weight excluding hydrogens is 492 g/mol. The molecule has 0 aromatic carbocycles. The topological polar surface area (TPSA) is 0 Å². The Morgan fingerprint density at radius 1 is 0.415 bits per heavy atom. The summed E-state index contributed by atoms with van der Waals surface area (Å²) in [7, 11) is 0. The van der Waals surface area contributed by atoms with Gasteiger partial charge in [0.1, 0.15) is 0 Å². The average molecular weight is 565 g/mol. The first-order valence-electron chi connectivity index (χ1n) is 19.4. The molecule has 0 radical (unpaired) electrons. The lowest BCUT2D eigenvalue weighted by molar-refractivity contribution is 0.0410. The zero-order valence-electron chi connectivity index (χ0n) is 29.1. The van der Waals surface area contributed by atoms with Gasteiger partial charge in [0, 0.05) is 0 Å². The highest BCUT2D eigenvalue weighted by Gasteiger charge is 2.53. The van der Waals surface area contributed by atoms with Crippen LogP contribution in [0.25, 0.3) is 0 Å². The van der Waals surface area contributed by atoms with Crippen LogP contribution in [-0.2, 0) is 0 Å². The summed E-state index contributed by atoms with van der Waals surface area (Å²) < 4.78 is 0. The van der Waals surface area contributed by atoms with Crippen molar-refractivity contribution in [1.29, 1.82) is 0 Å². The fourth-order valence-corrected chi connectivity index (χ4v) is 13.6. The predicted octanol–water partition coefficient (Wildman–Crippen LogP) is 12.5. The second-order valence-corrected chi connectivity index (χ2v) is 19.8. The lowest BCUT2D eigenvalue weighted by atomic mass is 9.60. The minimum atomic E-state index is 0.521. The van der Waals surface area contributed by atoms with Gasteiger partial charge in [0.2, 0.25) is 0 Å². The number of hydrogen-bond acceptors (Lipinski definition) is 0. The van der Waals surface area contributed by atoms with Crippen LogP contribution in [0.3, 0.4) is 0 Å². The monoisotopic (exact) mass is 565 g/mol. The van der Waals surface area contributed by atoms with E-state index < -0.39 is 0 Å². The molecular formula is C41H72. The Morgan fingerprint density at radius 2 is 0.756 bits per heavy atom. The van der Waals surface area contributed by atoms with Crippen LogP contribution in [0.2, 0.25) is 0 Å². The van der Waals surface area contributed by atoms with Gasteiger partial charge in [0.25, 0.3) is 0 Å². The number of hydrogen-bond donors (Lipinski definition) is 0. The average Bonchev–Trinajstić information content (AvgIpc) is 3.43. The van der Waals surface area contributed by atoms with Crippen LogP contribution in [0, 0.1) is 93.7 Å². The van der Waals surface area contributed by atoms with Crippen molar-refractivity contribution in [2.24, 2.45) is 93.7 Å². The molecule has 0 spiro atoms. The summed E-state index contributed by atoms with van der Waals surface area (Å²) in [5, 5.41) is 0. The first-order chi connectivity index (χ1) is 19.4. The Balaban J connectivity index is 1.08. The highest BCUT2D eigenvalue weighted by atomic mass is 14.6. The summed E-state index contributed by atoms with van der Waals surface area (Å²) in [4.78, 5) is 0. The van der Waals surface area contributed by atoms with Gasteiger partial charge in [-0.2, -0.15) is 0 Å². The first-order valence-corrected chi connectivity index (χ1v) is 19.4. The van der Waals surface area contributed by atoms with E-state index in [0.29, 0.717) is 10.8 Å². The molecule has 0 aromatic rings. The molecule has 0 aromatic heterocycles. The molecule has 6 fully saturated rings. The zero-order valence-corrected chi connectivity index (χ0v) is 29.1. The van der Waals surface area contributed by atoms with E-state index in [4.69, 9.17) is 0 Å². The van der Waals surface area contributed by atoms with Gasteiger partial charge in [-0.1, -0.05) is 68.2 Å². The van der Waals surface area contributed by atoms with Gasteiger partial charge in [-0.3, -0.25) is 0 Å². The first kappa shape index (κ1) is 31.0. The van der Waals surface area contributed by atoms with Crippen LogP contribution < -0.4 is 0 Å². The third kappa shape index (κ3) is 6.27. The number of rotatable bonds is 4. The fraction of sp³-hybridized carbons (Fsp3) is 1.00. The minimum absolute atomic E-state index is 0.521. The third-order valence-corrected chi connectivity index (χ3v) is 15.9. The van der Waals surface area contributed by atoms with Crippen molar-refractivity contribution in [3.8, 4) is 0 Å². The minimum Gasteiger partial charge on any atom is -0.0622 e. The molecule has 6 unspecified atom stereocenters. The summed E-state index contributed by atoms with van der Waals surface area (Å²) in [6.07, 6.45) is 26.5. The van der Waals surface area contributed by atoms with Crippen LogP contribution in [-0.4, -0.2) is 0 Å². The maximum atomic E-state index is 2.71. The van der Waals surface area contributed by atoms with E-state index in [1.54, 1.807) is 83.5 Å². The van der Waals surface area contributed by atoms with E-state index in [2.05, 4.69) is 55.4 Å². The lowest BCUT2D eigenvalue weighted by Crippen LogP contribution is -2.37. The van der Waals surface area contributed by atoms with Crippen molar-refractivity contribution in [2.75, 3.05) is 0 Å². The second kappa shape index (κ2) is 12.1. The Kier molecular flexibility index (Phi) is 9.13. The van der Waals surface area contributed by atoms with Gasteiger partial charge >= 0.3 is 0 Å². The molecule has 0 amide bonds. The summed E-state index contributed by atoms with van der Waals surface area (Å²) in [6.45, 7) is 20.4. The molecule has 0 heteroatoms. The lowest BCUT2D eigenvalue weighted by Gasteiger charge is -2.46. The number of fused-ring (bicyclic) bond motifs is 2. The van der Waals surface area contributed by atoms with Gasteiger partial charge < -0.3 is 0 Å². The normalized spacial score (nSPS) is 49.5. The van der Waals surface area contributed by atoms with E-state index in [9.17, 15) is 0 Å². The molecule has 0 nitrogen and oxygen atoms in total. The molecule has 10 atom stereocenters. The second-order valence-electron chi connectivity index (χ2n) is 19.8. The van der Waals surface area contributed by atoms with Crippen molar-refractivity contribution in [1.82, 2.24) is 0 Å². The van der Waals surface area contributed by atoms with Gasteiger partial charge in [-0.25, -0.2) is 0 Å². The third-order valence-electron chi connectivity index (χ3n) is 15.9. The van der Waals surface area contributed by atoms with Crippen molar-refractivity contribution < 1.29 is 0 Å². The molecule has 0 aliphatic heterocycles. The molecule has 0 bridgehead atoms. The Labute approximate surface area is 257 Å². The standard InChI is InChI=1S/C41H72/c1-26-23-38-32(28-15-19-30(20-16-28)40(3,4)5)11-9-13-34(38)36(26)25-37-27(2)24-39-33(12-10-14-35(37)39)29-17-21-31(22-18-29)41(6,7)8/h26-39H,9-25H2,1-8H3/t26?,27?,28?,29?,30?,31?,32-,33-,34?,35?,36?,37?,38+,39+/m0/s1. The molecule has 6 rings (SSSR count). The van der Waals surface area contributed by atoms with Gasteiger partial charge in [-0.05, 0) is 190 Å². The molecule has 41 heavy (non-hydrogen) atoms. The molecule has 236 valence electrons. The van der Waals surface area contributed by atoms with E-state index in [0.717, 1.165) is 82.9 Å². The predicted molar refractivity (Wildman–Crippen MR) is 178 cm³/mol. The highest BCUT2D eigenvalue weighted by Crippen LogP contribution is 2.61. The molecule has 6 saturated carbocycles. The van der Waals surface area contributed by atoms with E-state index in [1.165, 1.54) is 25.7 Å². The SMILES string of the molecule is CC1C[C@H]2C(CCC[C@H]2C2CCC(C(C)(C)C)CC2)C1CC1C(C)C[C@H]2C1CCC[C@H]2C1CCC(C(C)(C)C)CC1. The summed E-state index contributed by atoms with van der Waals surface area (Å²) in [5.41, 5.74) is 1.04. The van der Waals surface area contributed by atoms with Crippen molar-refractivity contribution in [3.63, 3.8) is 0 Å². The Hall–Kier alpha value is 0. The maximum absolute atomic E-state index is 2.71. The smallest absolute Gasteiger partial charge is 0.0349 e. The van der Waals surface area contributed by atoms with Gasteiger partial charge in [0.15, 0.2) is 0 Å². The molecule has 0 N–H and O–H groups in total. The van der Waals surface area contributed by atoms with E-state index >= 15 is 0 Å². The zero-order chi connectivity index (χ0) is 29.1. The summed E-state index contributed by atoms with van der Waals surface area (Å²) in [5.74, 6) is 14.7. The van der Waals surface area contributed by atoms with Crippen molar-refractivity contribution in [3.05, 3.63) is 0 Å². The van der Waals surface area contributed by atoms with E-state index in [1.807, 2.05) is 0 Å². The molecule has 0 saturated heterocycles. The summed E-state index contributed by atoms with van der Waals surface area (Å²) >= 11 is 0. The van der Waals surface area contributed by atoms with Crippen LogP contribution in [0.15, 0.2) is 0 Å². The Morgan fingerprint density at radius 3 is 1.10 bits per heavy atom. The molecule has 6 aliphatic carbocycles. The van der Waals surface area contributed by atoms with Crippen LogP contribution in [0.4, 0.5) is 0 Å². The van der Waals surface area contributed by atoms with Crippen LogP contribution in [0.1, 0.15) is 165 Å². The Bertz CT molecular complexity index is 768. The molecule has 0 heterocycles. The highest BCUT2D eigenvalue weighted by molar-refractivity contribution is 5.02. The van der Waals surface area contributed by atoms with Crippen molar-refractivity contribution in [2.45, 2.75) is 165 Å². The van der Waals surface area contributed by atoms with Crippen molar-refractivity contribution >= 4 is 0 Å². The largest absolute Gasteiger partial charge is 0.0622 e. The van der Waals surface area contributed by atoms with Gasteiger partial charge in [0.05, 0.1) is 0 Å². The maximum Gasteiger partial charge on any atom is -0.0349 e.